The number of aliphatic hydroxyl groups excluding tert-OH is 1. The maximum atomic E-state index is 13.2. The second-order valence-electron chi connectivity index (χ2n) is 7.67. The van der Waals surface area contributed by atoms with Gasteiger partial charge in [-0.2, -0.15) is 0 Å². The Morgan fingerprint density at radius 1 is 1.15 bits per heavy atom. The molecule has 1 aliphatic heterocycles. The van der Waals surface area contributed by atoms with Crippen LogP contribution in [0.3, 0.4) is 0 Å². The molecule has 1 aliphatic rings. The van der Waals surface area contributed by atoms with E-state index in [4.69, 9.17) is 32.7 Å². The molecule has 7 nitrogen and oxygen atoms in total. The molecule has 1 aromatic heterocycles. The number of fused-ring (bicyclic) bond motifs is 1. The zero-order valence-electron chi connectivity index (χ0n) is 18.3. The van der Waals surface area contributed by atoms with Gasteiger partial charge >= 0.3 is 0 Å². The van der Waals surface area contributed by atoms with Crippen LogP contribution in [0.2, 0.25) is 10.0 Å². The van der Waals surface area contributed by atoms with Gasteiger partial charge in [0, 0.05) is 48.4 Å². The third kappa shape index (κ3) is 3.86. The predicted molar refractivity (Wildman–Crippen MR) is 127 cm³/mol. The van der Waals surface area contributed by atoms with Crippen LogP contribution >= 0.6 is 23.2 Å². The number of carbonyl (C=O) groups is 2. The molecule has 1 fully saturated rings. The van der Waals surface area contributed by atoms with Crippen LogP contribution in [-0.2, 0) is 21.4 Å². The van der Waals surface area contributed by atoms with Gasteiger partial charge in [-0.05, 0) is 18.2 Å². The minimum absolute atomic E-state index is 0.0657. The van der Waals surface area contributed by atoms with Gasteiger partial charge < -0.3 is 24.0 Å². The van der Waals surface area contributed by atoms with E-state index in [1.165, 1.54) is 31.3 Å². The van der Waals surface area contributed by atoms with Crippen LogP contribution in [0.1, 0.15) is 17.2 Å². The van der Waals surface area contributed by atoms with Crippen molar-refractivity contribution in [2.45, 2.75) is 6.04 Å². The smallest absolute Gasteiger partial charge is 0.295 e. The quantitative estimate of drug-likeness (QED) is 0.312. The number of likely N-dealkylation sites (tertiary alicyclic amines) is 1. The summed E-state index contributed by atoms with van der Waals surface area (Å²) in [7, 11) is 4.79. The molecule has 1 saturated heterocycles. The molecule has 0 saturated carbocycles. The number of nitrogens with zero attached hydrogens (tertiary/aromatic N) is 2. The van der Waals surface area contributed by atoms with E-state index in [2.05, 4.69) is 0 Å². The number of methoxy groups -OCH3 is 2. The Hall–Kier alpha value is -3.00. The molecular formula is C24H22Cl2N2O5. The summed E-state index contributed by atoms with van der Waals surface area (Å²) in [4.78, 5) is 27.7. The number of hydrogen-bond acceptors (Lipinski definition) is 5. The highest BCUT2D eigenvalue weighted by atomic mass is 35.5. The van der Waals surface area contributed by atoms with Crippen LogP contribution in [0, 0.1) is 0 Å². The van der Waals surface area contributed by atoms with Gasteiger partial charge in [0.05, 0.1) is 35.9 Å². The number of halogens is 2. The number of rotatable bonds is 6. The fourth-order valence-electron chi connectivity index (χ4n) is 4.30. The number of para-hydroxylation sites is 1. The fraction of sp³-hybridized carbons (Fsp3) is 0.250. The second-order valence-corrected chi connectivity index (χ2v) is 8.51. The normalized spacial score (nSPS) is 17.8. The van der Waals surface area contributed by atoms with Crippen LogP contribution in [0.25, 0.3) is 16.7 Å². The highest BCUT2D eigenvalue weighted by molar-refractivity contribution is 6.47. The molecule has 0 radical (unpaired) electrons. The SMILES string of the molecule is COCCN1C(=O)C(=O)/C(=C(/O)c2cc(Cl)cc(Cl)c2OC)C1c1cn(C)c2ccccc12. The van der Waals surface area contributed by atoms with Gasteiger partial charge in [-0.1, -0.05) is 41.4 Å². The van der Waals surface area contributed by atoms with E-state index in [1.54, 1.807) is 0 Å². The first kappa shape index (κ1) is 23.2. The number of aliphatic hydroxyl groups is 1. The van der Waals surface area contributed by atoms with Crippen molar-refractivity contribution in [1.82, 2.24) is 9.47 Å². The Bertz CT molecular complexity index is 1300. The molecule has 1 atom stereocenters. The maximum absolute atomic E-state index is 13.2. The van der Waals surface area contributed by atoms with Gasteiger partial charge in [0.15, 0.2) is 0 Å². The Kier molecular flexibility index (Phi) is 6.38. The van der Waals surface area contributed by atoms with Gasteiger partial charge in [0.2, 0.25) is 0 Å². The Labute approximate surface area is 200 Å². The van der Waals surface area contributed by atoms with Crippen molar-refractivity contribution in [3.05, 3.63) is 69.3 Å². The lowest BCUT2D eigenvalue weighted by molar-refractivity contribution is -0.140. The minimum Gasteiger partial charge on any atom is -0.507 e. The average Bonchev–Trinajstić information content (AvgIpc) is 3.25. The summed E-state index contributed by atoms with van der Waals surface area (Å²) in [5, 5.41) is 12.6. The number of Topliss-reactive ketones (excluding diaryl/α,β-unsaturated/α-hetero) is 1. The molecular weight excluding hydrogens is 467 g/mol. The molecule has 2 aromatic carbocycles. The number of aromatic nitrogens is 1. The van der Waals surface area contributed by atoms with Gasteiger partial charge in [0.25, 0.3) is 11.7 Å². The lowest BCUT2D eigenvalue weighted by atomic mass is 9.94. The van der Waals surface area contributed by atoms with Crippen LogP contribution in [0.4, 0.5) is 0 Å². The number of ether oxygens (including phenoxy) is 2. The molecule has 0 spiro atoms. The Balaban J connectivity index is 2.01. The summed E-state index contributed by atoms with van der Waals surface area (Å²) in [6.07, 6.45) is 1.86. The van der Waals surface area contributed by atoms with E-state index in [0.29, 0.717) is 5.56 Å². The van der Waals surface area contributed by atoms with Gasteiger partial charge in [0.1, 0.15) is 11.5 Å². The molecule has 9 heteroatoms. The topological polar surface area (TPSA) is 81.0 Å². The van der Waals surface area contributed by atoms with Gasteiger partial charge in [-0.15, -0.1) is 0 Å². The molecule has 172 valence electrons. The molecule has 3 aromatic rings. The number of amides is 1. The van der Waals surface area contributed by atoms with Crippen molar-refractivity contribution in [3.63, 3.8) is 0 Å². The molecule has 0 bridgehead atoms. The van der Waals surface area contributed by atoms with Crippen molar-refractivity contribution in [1.29, 1.82) is 0 Å². The van der Waals surface area contributed by atoms with E-state index < -0.39 is 23.5 Å². The van der Waals surface area contributed by atoms with Crippen molar-refractivity contribution in [2.24, 2.45) is 7.05 Å². The summed E-state index contributed by atoms with van der Waals surface area (Å²) >= 11 is 12.4. The summed E-state index contributed by atoms with van der Waals surface area (Å²) in [6.45, 7) is 0.389. The van der Waals surface area contributed by atoms with Gasteiger partial charge in [-0.25, -0.2) is 0 Å². The van der Waals surface area contributed by atoms with E-state index in [0.717, 1.165) is 10.9 Å². The Morgan fingerprint density at radius 2 is 1.88 bits per heavy atom. The molecule has 1 N–H and O–H groups in total. The summed E-state index contributed by atoms with van der Waals surface area (Å²) in [5.41, 5.74) is 1.69. The third-order valence-electron chi connectivity index (χ3n) is 5.77. The van der Waals surface area contributed by atoms with Crippen LogP contribution in [-0.4, -0.2) is 53.6 Å². The zero-order chi connectivity index (χ0) is 23.9. The number of benzene rings is 2. The highest BCUT2D eigenvalue weighted by Gasteiger charge is 2.47. The number of hydrogen-bond donors (Lipinski definition) is 1. The highest BCUT2D eigenvalue weighted by Crippen LogP contribution is 2.44. The van der Waals surface area contributed by atoms with Gasteiger partial charge in [-0.3, -0.25) is 9.59 Å². The number of carbonyl (C=O) groups excluding carboxylic acids is 2. The van der Waals surface area contributed by atoms with Crippen molar-refractivity contribution >= 4 is 51.6 Å². The lowest BCUT2D eigenvalue weighted by Crippen LogP contribution is -2.32. The molecule has 0 aliphatic carbocycles. The number of aryl methyl sites for hydroxylation is 1. The van der Waals surface area contributed by atoms with E-state index in [-0.39, 0.29) is 40.1 Å². The Morgan fingerprint density at radius 3 is 2.58 bits per heavy atom. The maximum Gasteiger partial charge on any atom is 0.295 e. The van der Waals surface area contributed by atoms with E-state index in [1.807, 2.05) is 42.1 Å². The van der Waals surface area contributed by atoms with E-state index >= 15 is 0 Å². The standard InChI is InChI=1S/C24H22Cl2N2O5/c1-27-12-16(14-6-4-5-7-18(14)27)20-19(22(30)24(31)28(20)8-9-32-2)21(29)15-10-13(25)11-17(26)23(15)33-3/h4-7,10-12,20,29H,8-9H2,1-3H3/b21-19+. The summed E-state index contributed by atoms with van der Waals surface area (Å²) in [6, 6.07) is 9.73. The lowest BCUT2D eigenvalue weighted by Gasteiger charge is -2.24. The molecule has 2 heterocycles. The van der Waals surface area contributed by atoms with Crippen molar-refractivity contribution in [3.8, 4) is 5.75 Å². The molecule has 1 unspecified atom stereocenters. The van der Waals surface area contributed by atoms with Crippen molar-refractivity contribution in [2.75, 3.05) is 27.4 Å². The molecule has 1 amide bonds. The molecule has 33 heavy (non-hydrogen) atoms. The predicted octanol–water partition coefficient (Wildman–Crippen LogP) is 4.56. The molecule has 4 rings (SSSR count). The number of ketones is 1. The van der Waals surface area contributed by atoms with Crippen LogP contribution in [0.5, 0.6) is 5.75 Å². The first-order chi connectivity index (χ1) is 15.8. The summed E-state index contributed by atoms with van der Waals surface area (Å²) < 4.78 is 12.4. The largest absolute Gasteiger partial charge is 0.507 e. The minimum atomic E-state index is -0.839. The summed E-state index contributed by atoms with van der Waals surface area (Å²) in [5.74, 6) is -1.79. The van der Waals surface area contributed by atoms with Crippen molar-refractivity contribution < 1.29 is 24.2 Å². The second kappa shape index (κ2) is 9.09. The zero-order valence-corrected chi connectivity index (χ0v) is 19.8. The van der Waals surface area contributed by atoms with Crippen LogP contribution < -0.4 is 4.74 Å². The third-order valence-corrected chi connectivity index (χ3v) is 6.27. The van der Waals surface area contributed by atoms with Crippen LogP contribution in [0.15, 0.2) is 48.2 Å². The first-order valence-corrected chi connectivity index (χ1v) is 10.9. The van der Waals surface area contributed by atoms with E-state index in [9.17, 15) is 14.7 Å². The fourth-order valence-corrected chi connectivity index (χ4v) is 4.87. The monoisotopic (exact) mass is 488 g/mol. The average molecular weight is 489 g/mol. The first-order valence-electron chi connectivity index (χ1n) is 10.1.